The van der Waals surface area contributed by atoms with Crippen LogP contribution in [0.2, 0.25) is 0 Å². The monoisotopic (exact) mass is 187 g/mol. The van der Waals surface area contributed by atoms with Crippen molar-refractivity contribution < 1.29 is 19.0 Å². The highest BCUT2D eigenvalue weighted by molar-refractivity contribution is 5.76. The fraction of sp³-hybridized carbons (Fsp3) is 0.625. The molecule has 2 N–H and O–H groups in total. The molecular weight excluding hydrogens is 174 g/mol. The fourth-order valence-electron chi connectivity index (χ4n) is 0.721. The van der Waals surface area contributed by atoms with Gasteiger partial charge in [-0.2, -0.15) is 0 Å². The van der Waals surface area contributed by atoms with Crippen molar-refractivity contribution in [2.75, 3.05) is 6.79 Å². The summed E-state index contributed by atoms with van der Waals surface area (Å²) < 4.78 is 14.3. The molecule has 0 aromatic carbocycles. The minimum absolute atomic E-state index is 0.0374. The molecule has 13 heavy (non-hydrogen) atoms. The Morgan fingerprint density at radius 3 is 2.85 bits per heavy atom. The third-order valence-electron chi connectivity index (χ3n) is 1.64. The number of hydrogen-bond donors (Lipinski definition) is 1. The van der Waals surface area contributed by atoms with Gasteiger partial charge in [-0.25, -0.2) is 4.79 Å². The second-order valence-electron chi connectivity index (χ2n) is 3.06. The van der Waals surface area contributed by atoms with Gasteiger partial charge in [0.05, 0.1) is 0 Å². The van der Waals surface area contributed by atoms with Crippen molar-refractivity contribution in [2.45, 2.75) is 19.9 Å². The first kappa shape index (κ1) is 9.85. The van der Waals surface area contributed by atoms with E-state index in [1.165, 1.54) is 6.26 Å². The van der Waals surface area contributed by atoms with E-state index < -0.39 is 12.0 Å². The SMILES string of the molecule is CC(C)[C@H](N)C(=O)OC1=COCO1. The molecule has 74 valence electrons. The van der Waals surface area contributed by atoms with Gasteiger partial charge in [0.1, 0.15) is 6.04 Å². The highest BCUT2D eigenvalue weighted by Gasteiger charge is 2.22. The van der Waals surface area contributed by atoms with Gasteiger partial charge in [-0.05, 0) is 5.92 Å². The molecule has 1 atom stereocenters. The molecule has 0 saturated carbocycles. The molecule has 0 aliphatic carbocycles. The number of rotatable bonds is 3. The number of hydrogen-bond acceptors (Lipinski definition) is 5. The van der Waals surface area contributed by atoms with Gasteiger partial charge in [-0.1, -0.05) is 13.8 Å². The van der Waals surface area contributed by atoms with E-state index in [1.807, 2.05) is 13.8 Å². The number of carbonyl (C=O) groups is 1. The Bertz CT molecular complexity index is 224. The van der Waals surface area contributed by atoms with E-state index in [1.54, 1.807) is 0 Å². The quantitative estimate of drug-likeness (QED) is 0.644. The third-order valence-corrected chi connectivity index (χ3v) is 1.64. The molecular formula is C8H13NO4. The first-order valence-corrected chi connectivity index (χ1v) is 4.03. The molecule has 0 fully saturated rings. The van der Waals surface area contributed by atoms with Gasteiger partial charge in [-0.15, -0.1) is 0 Å². The van der Waals surface area contributed by atoms with Crippen LogP contribution in [0, 0.1) is 5.92 Å². The van der Waals surface area contributed by atoms with Crippen LogP contribution in [0.4, 0.5) is 0 Å². The summed E-state index contributed by atoms with van der Waals surface area (Å²) in [5.74, 6) is -0.400. The minimum Gasteiger partial charge on any atom is -0.458 e. The predicted molar refractivity (Wildman–Crippen MR) is 44.0 cm³/mol. The largest absolute Gasteiger partial charge is 0.458 e. The van der Waals surface area contributed by atoms with Crippen molar-refractivity contribution in [3.8, 4) is 0 Å². The summed E-state index contributed by atoms with van der Waals surface area (Å²) in [7, 11) is 0. The second-order valence-corrected chi connectivity index (χ2v) is 3.06. The normalized spacial score (nSPS) is 17.4. The average molecular weight is 187 g/mol. The summed E-state index contributed by atoms with van der Waals surface area (Å²) in [6.07, 6.45) is 1.24. The molecule has 1 heterocycles. The van der Waals surface area contributed by atoms with Crippen LogP contribution in [-0.2, 0) is 19.0 Å². The van der Waals surface area contributed by atoms with Crippen molar-refractivity contribution in [3.05, 3.63) is 12.2 Å². The van der Waals surface area contributed by atoms with Crippen molar-refractivity contribution >= 4 is 5.97 Å². The van der Waals surface area contributed by atoms with Crippen LogP contribution in [0.3, 0.4) is 0 Å². The summed E-state index contributed by atoms with van der Waals surface area (Å²) >= 11 is 0. The lowest BCUT2D eigenvalue weighted by Crippen LogP contribution is -2.36. The Labute approximate surface area is 76.4 Å². The third kappa shape index (κ3) is 2.62. The lowest BCUT2D eigenvalue weighted by atomic mass is 10.1. The maximum Gasteiger partial charge on any atom is 0.331 e. The molecule has 0 spiro atoms. The fourth-order valence-corrected chi connectivity index (χ4v) is 0.721. The van der Waals surface area contributed by atoms with E-state index in [4.69, 9.17) is 19.9 Å². The molecule has 0 unspecified atom stereocenters. The van der Waals surface area contributed by atoms with Gasteiger partial charge >= 0.3 is 11.9 Å². The van der Waals surface area contributed by atoms with E-state index in [0.717, 1.165) is 0 Å². The van der Waals surface area contributed by atoms with E-state index in [2.05, 4.69) is 0 Å². The zero-order valence-electron chi connectivity index (χ0n) is 7.65. The maximum atomic E-state index is 11.2. The summed E-state index contributed by atoms with van der Waals surface area (Å²) in [5, 5.41) is 0. The molecule has 0 aromatic rings. The molecule has 0 bridgehead atoms. The van der Waals surface area contributed by atoms with Gasteiger partial charge in [-0.3, -0.25) is 0 Å². The first-order chi connectivity index (χ1) is 6.11. The Balaban J connectivity index is 2.40. The summed E-state index contributed by atoms with van der Waals surface area (Å²) in [6.45, 7) is 3.76. The zero-order chi connectivity index (χ0) is 9.84. The van der Waals surface area contributed by atoms with Crippen molar-refractivity contribution in [1.82, 2.24) is 0 Å². The molecule has 0 amide bonds. The van der Waals surface area contributed by atoms with E-state index in [-0.39, 0.29) is 18.7 Å². The van der Waals surface area contributed by atoms with Gasteiger partial charge in [0.2, 0.25) is 6.79 Å². The second kappa shape index (κ2) is 4.13. The van der Waals surface area contributed by atoms with Gasteiger partial charge in [0.15, 0.2) is 6.26 Å². The lowest BCUT2D eigenvalue weighted by molar-refractivity contribution is -0.147. The van der Waals surface area contributed by atoms with E-state index >= 15 is 0 Å². The van der Waals surface area contributed by atoms with Crippen LogP contribution in [0.15, 0.2) is 12.2 Å². The molecule has 1 aliphatic heterocycles. The lowest BCUT2D eigenvalue weighted by Gasteiger charge is -2.13. The highest BCUT2D eigenvalue weighted by atomic mass is 16.8. The Morgan fingerprint density at radius 1 is 1.69 bits per heavy atom. The first-order valence-electron chi connectivity index (χ1n) is 4.03. The molecule has 1 aliphatic rings. The maximum absolute atomic E-state index is 11.2. The molecule has 5 heteroatoms. The Morgan fingerprint density at radius 2 is 2.38 bits per heavy atom. The van der Waals surface area contributed by atoms with Gasteiger partial charge < -0.3 is 19.9 Å². The van der Waals surface area contributed by atoms with Crippen molar-refractivity contribution in [3.63, 3.8) is 0 Å². The topological polar surface area (TPSA) is 70.8 Å². The average Bonchev–Trinajstić information content (AvgIpc) is 2.55. The number of nitrogens with two attached hydrogens (primary N) is 1. The van der Waals surface area contributed by atoms with Crippen molar-refractivity contribution in [2.24, 2.45) is 11.7 Å². The van der Waals surface area contributed by atoms with E-state index in [0.29, 0.717) is 0 Å². The summed E-state index contributed by atoms with van der Waals surface area (Å²) in [5.41, 5.74) is 5.54. The smallest absolute Gasteiger partial charge is 0.331 e. The van der Waals surface area contributed by atoms with Crippen LogP contribution in [0.1, 0.15) is 13.8 Å². The molecule has 0 radical (unpaired) electrons. The zero-order valence-corrected chi connectivity index (χ0v) is 7.65. The number of ether oxygens (including phenoxy) is 3. The van der Waals surface area contributed by atoms with Crippen LogP contribution < -0.4 is 5.73 Å². The van der Waals surface area contributed by atoms with Crippen LogP contribution in [-0.4, -0.2) is 18.8 Å². The molecule has 5 nitrogen and oxygen atoms in total. The van der Waals surface area contributed by atoms with E-state index in [9.17, 15) is 4.79 Å². The standard InChI is InChI=1S/C8H13NO4/c1-5(2)7(9)8(10)13-6-3-11-4-12-6/h3,5,7H,4,9H2,1-2H3/t7-/m0/s1. The van der Waals surface area contributed by atoms with Crippen molar-refractivity contribution in [1.29, 1.82) is 0 Å². The summed E-state index contributed by atoms with van der Waals surface area (Å²) in [6, 6.07) is -0.634. The van der Waals surface area contributed by atoms with Crippen LogP contribution in [0.5, 0.6) is 0 Å². The molecule has 1 rings (SSSR count). The van der Waals surface area contributed by atoms with Gasteiger partial charge in [0, 0.05) is 0 Å². The Kier molecular flexibility index (Phi) is 3.13. The number of esters is 1. The predicted octanol–water partition coefficient (Wildman–Crippen LogP) is 0.316. The van der Waals surface area contributed by atoms with Crippen LogP contribution >= 0.6 is 0 Å². The van der Waals surface area contributed by atoms with Crippen LogP contribution in [0.25, 0.3) is 0 Å². The summed E-state index contributed by atoms with van der Waals surface area (Å²) in [4.78, 5) is 11.2. The number of carbonyl (C=O) groups excluding carboxylic acids is 1. The van der Waals surface area contributed by atoms with Gasteiger partial charge in [0.25, 0.3) is 0 Å². The minimum atomic E-state index is -0.634. The molecule has 0 aromatic heterocycles. The Hall–Kier alpha value is -1.23. The highest BCUT2D eigenvalue weighted by Crippen LogP contribution is 2.10. The molecule has 0 saturated heterocycles.